The molecule has 0 saturated carbocycles. The molecule has 168 valence electrons. The number of imide groups is 1. The van der Waals surface area contributed by atoms with Crippen LogP contribution in [0.3, 0.4) is 0 Å². The maximum atomic E-state index is 13.4. The number of amides is 2. The highest BCUT2D eigenvalue weighted by molar-refractivity contribution is 6.22. The molecule has 0 spiro atoms. The summed E-state index contributed by atoms with van der Waals surface area (Å²) in [5.74, 6) is -2.63. The Balaban J connectivity index is 2.27. The first-order chi connectivity index (χ1) is 14.8. The second-order valence-corrected chi connectivity index (χ2v) is 7.07. The van der Waals surface area contributed by atoms with Crippen LogP contribution in [-0.2, 0) is 17.1 Å². The van der Waals surface area contributed by atoms with Crippen molar-refractivity contribution in [1.82, 2.24) is 4.90 Å². The molecule has 0 N–H and O–H groups in total. The molecule has 1 aliphatic rings. The van der Waals surface area contributed by atoms with Crippen LogP contribution in [0.4, 0.5) is 26.3 Å². The first-order valence-electron chi connectivity index (χ1n) is 9.25. The molecule has 32 heavy (non-hydrogen) atoms. The Morgan fingerprint density at radius 2 is 1.34 bits per heavy atom. The van der Waals surface area contributed by atoms with Gasteiger partial charge < -0.3 is 0 Å². The lowest BCUT2D eigenvalue weighted by Gasteiger charge is -2.29. The number of alkyl halides is 6. The Morgan fingerprint density at radius 1 is 0.906 bits per heavy atom. The molecule has 0 aliphatic carbocycles. The summed E-state index contributed by atoms with van der Waals surface area (Å²) in [5, 5.41) is 0. The van der Waals surface area contributed by atoms with Crippen molar-refractivity contribution in [3.05, 3.63) is 82.4 Å². The number of Topliss-reactive ketones (excluding diaryl/α,β-unsaturated/α-hetero) is 1. The Labute approximate surface area is 178 Å². The number of hydrogen-bond donors (Lipinski definition) is 0. The van der Waals surface area contributed by atoms with Crippen molar-refractivity contribution in [1.29, 1.82) is 0 Å². The monoisotopic (exact) mass is 455 g/mol. The third-order valence-electron chi connectivity index (χ3n) is 5.02. The van der Waals surface area contributed by atoms with Gasteiger partial charge in [0, 0.05) is 12.0 Å². The molecule has 2 aromatic rings. The number of halogens is 6. The number of rotatable bonds is 5. The molecular weight excluding hydrogens is 440 g/mol. The molecule has 1 heterocycles. The average Bonchev–Trinajstić information content (AvgIpc) is 2.97. The molecule has 2 amide bonds. The van der Waals surface area contributed by atoms with Crippen LogP contribution in [0.15, 0.2) is 54.6 Å². The second-order valence-electron chi connectivity index (χ2n) is 7.07. The predicted octanol–water partition coefficient (Wildman–Crippen LogP) is 5.60. The van der Waals surface area contributed by atoms with Gasteiger partial charge in [-0.3, -0.25) is 19.3 Å². The van der Waals surface area contributed by atoms with E-state index in [4.69, 9.17) is 0 Å². The fourth-order valence-corrected chi connectivity index (χ4v) is 3.46. The zero-order valence-corrected chi connectivity index (χ0v) is 16.5. The lowest BCUT2D eigenvalue weighted by Crippen LogP contribution is -2.37. The van der Waals surface area contributed by atoms with E-state index in [9.17, 15) is 40.7 Å². The molecule has 0 fully saturated rings. The van der Waals surface area contributed by atoms with Crippen molar-refractivity contribution in [2.24, 2.45) is 0 Å². The number of ketones is 1. The maximum Gasteiger partial charge on any atom is 0.416 e. The molecule has 10 heteroatoms. The summed E-state index contributed by atoms with van der Waals surface area (Å²) in [5.41, 5.74) is -4.62. The van der Waals surface area contributed by atoms with Crippen LogP contribution in [0.1, 0.15) is 56.8 Å². The fourth-order valence-electron chi connectivity index (χ4n) is 3.46. The smallest absolute Gasteiger partial charge is 0.294 e. The highest BCUT2D eigenvalue weighted by Crippen LogP contribution is 2.41. The van der Waals surface area contributed by atoms with Gasteiger partial charge in [0.15, 0.2) is 5.78 Å². The molecule has 4 nitrogen and oxygen atoms in total. The quantitative estimate of drug-likeness (QED) is 0.335. The van der Waals surface area contributed by atoms with Gasteiger partial charge in [-0.25, -0.2) is 0 Å². The van der Waals surface area contributed by atoms with E-state index in [0.29, 0.717) is 17.0 Å². The summed E-state index contributed by atoms with van der Waals surface area (Å²) in [4.78, 5) is 38.6. The predicted molar refractivity (Wildman–Crippen MR) is 101 cm³/mol. The molecule has 0 radical (unpaired) electrons. The van der Waals surface area contributed by atoms with Crippen LogP contribution in [-0.4, -0.2) is 22.5 Å². The van der Waals surface area contributed by atoms with E-state index < -0.39 is 58.3 Å². The van der Waals surface area contributed by atoms with Crippen molar-refractivity contribution in [2.75, 3.05) is 0 Å². The van der Waals surface area contributed by atoms with Crippen molar-refractivity contribution in [3.63, 3.8) is 0 Å². The summed E-state index contributed by atoms with van der Waals surface area (Å²) in [6, 6.07) is 4.33. The molecule has 0 bridgehead atoms. The third-order valence-corrected chi connectivity index (χ3v) is 5.02. The molecule has 1 aliphatic heterocycles. The summed E-state index contributed by atoms with van der Waals surface area (Å²) >= 11 is 0. The van der Waals surface area contributed by atoms with Crippen molar-refractivity contribution in [2.45, 2.75) is 31.7 Å². The molecular formula is C22H15F6NO3. The van der Waals surface area contributed by atoms with Gasteiger partial charge in [0.1, 0.15) is 0 Å². The number of benzene rings is 2. The number of nitrogens with zero attached hydrogens (tertiary/aromatic N) is 1. The zero-order valence-electron chi connectivity index (χ0n) is 16.5. The van der Waals surface area contributed by atoms with E-state index in [1.165, 1.54) is 31.2 Å². The molecule has 0 saturated heterocycles. The van der Waals surface area contributed by atoms with E-state index in [-0.39, 0.29) is 23.6 Å². The van der Waals surface area contributed by atoms with Crippen molar-refractivity contribution >= 4 is 17.6 Å². The minimum atomic E-state index is -5.15. The van der Waals surface area contributed by atoms with Gasteiger partial charge >= 0.3 is 12.4 Å². The van der Waals surface area contributed by atoms with Gasteiger partial charge in [-0.15, -0.1) is 0 Å². The minimum absolute atomic E-state index is 0.0761. The molecule has 3 rings (SSSR count). The molecule has 2 aromatic carbocycles. The van der Waals surface area contributed by atoms with E-state index in [2.05, 4.69) is 6.58 Å². The van der Waals surface area contributed by atoms with E-state index in [1.54, 1.807) is 0 Å². The highest BCUT2D eigenvalue weighted by Gasteiger charge is 2.44. The van der Waals surface area contributed by atoms with Gasteiger partial charge in [-0.1, -0.05) is 25.6 Å². The Bertz CT molecular complexity index is 1070. The Hall–Kier alpha value is -3.43. The van der Waals surface area contributed by atoms with Gasteiger partial charge in [0.2, 0.25) is 0 Å². The molecule has 1 atom stereocenters. The van der Waals surface area contributed by atoms with E-state index >= 15 is 0 Å². The molecule has 0 unspecified atom stereocenters. The first kappa shape index (κ1) is 23.2. The summed E-state index contributed by atoms with van der Waals surface area (Å²) in [6.07, 6.45) is -10.5. The number of carbonyl (C=O) groups is 3. The van der Waals surface area contributed by atoms with Gasteiger partial charge in [-0.2, -0.15) is 26.3 Å². The zero-order chi connectivity index (χ0) is 24.0. The highest BCUT2D eigenvalue weighted by atomic mass is 19.4. The van der Waals surface area contributed by atoms with Gasteiger partial charge in [-0.05, 0) is 35.9 Å². The average molecular weight is 455 g/mol. The van der Waals surface area contributed by atoms with E-state index in [0.717, 1.165) is 0 Å². The lowest BCUT2D eigenvalue weighted by molar-refractivity contribution is -0.143. The number of hydrogen-bond acceptors (Lipinski definition) is 3. The van der Waals surface area contributed by atoms with Gasteiger partial charge in [0.05, 0.1) is 28.3 Å². The Morgan fingerprint density at radius 3 is 1.72 bits per heavy atom. The number of fused-ring (bicyclic) bond motifs is 1. The maximum absolute atomic E-state index is 13.4. The minimum Gasteiger partial charge on any atom is -0.294 e. The van der Waals surface area contributed by atoms with Crippen LogP contribution in [0.2, 0.25) is 0 Å². The van der Waals surface area contributed by atoms with Gasteiger partial charge in [0.25, 0.3) is 11.8 Å². The van der Waals surface area contributed by atoms with Crippen LogP contribution >= 0.6 is 0 Å². The second kappa shape index (κ2) is 7.92. The van der Waals surface area contributed by atoms with E-state index in [1.807, 2.05) is 0 Å². The summed E-state index contributed by atoms with van der Waals surface area (Å²) < 4.78 is 80.2. The van der Waals surface area contributed by atoms with Crippen LogP contribution in [0.5, 0.6) is 0 Å². The topological polar surface area (TPSA) is 54.5 Å². The standard InChI is InChI=1S/C22H15F6NO3/c1-3-17(30)11(2)18(29-19(31)15-6-4-5-7-16(15)20(29)32)12-8-13(21(23,24)25)10-14(9-12)22(26,27)28/h4-10,18H,2-3H2,1H3/t18-/m0/s1. The van der Waals surface area contributed by atoms with Crippen molar-refractivity contribution in [3.8, 4) is 0 Å². The first-order valence-corrected chi connectivity index (χ1v) is 9.25. The number of carbonyl (C=O) groups excluding carboxylic acids is 3. The van der Waals surface area contributed by atoms with Crippen LogP contribution < -0.4 is 0 Å². The SMILES string of the molecule is C=C(C(=O)CC)[C@@H](c1cc(C(F)(F)F)cc(C(F)(F)F)c1)N1C(=O)c2ccccc2C1=O. The van der Waals surface area contributed by atoms with Crippen LogP contribution in [0, 0.1) is 0 Å². The largest absolute Gasteiger partial charge is 0.416 e. The normalized spacial score (nSPS) is 15.0. The summed E-state index contributed by atoms with van der Waals surface area (Å²) in [6.45, 7) is 4.91. The fraction of sp³-hybridized carbons (Fsp3) is 0.227. The summed E-state index contributed by atoms with van der Waals surface area (Å²) in [7, 11) is 0. The van der Waals surface area contributed by atoms with Crippen molar-refractivity contribution < 1.29 is 40.7 Å². The third kappa shape index (κ3) is 4.04. The Kier molecular flexibility index (Phi) is 5.75. The van der Waals surface area contributed by atoms with Crippen LogP contribution in [0.25, 0.3) is 0 Å². The lowest BCUT2D eigenvalue weighted by atomic mass is 9.91. The molecule has 0 aromatic heterocycles.